The van der Waals surface area contributed by atoms with Gasteiger partial charge in [-0.3, -0.25) is 4.79 Å². The Morgan fingerprint density at radius 3 is 2.39 bits per heavy atom. The molecule has 0 spiro atoms. The minimum absolute atomic E-state index is 0.102. The first-order valence-electron chi connectivity index (χ1n) is 4.85. The van der Waals surface area contributed by atoms with Crippen molar-refractivity contribution in [3.05, 3.63) is 23.8 Å². The Labute approximate surface area is 109 Å². The second kappa shape index (κ2) is 6.57. The number of thioether (sulfide) groups is 1. The van der Waals surface area contributed by atoms with Crippen molar-refractivity contribution < 1.29 is 19.4 Å². The second-order valence-corrected chi connectivity index (χ2v) is 3.91. The Hall–Kier alpha value is -2.13. The maximum atomic E-state index is 11.1. The molecule has 5 nitrogen and oxygen atoms in total. The first-order valence-corrected chi connectivity index (χ1v) is 5.67. The third kappa shape index (κ3) is 3.43. The van der Waals surface area contributed by atoms with E-state index in [1.807, 2.05) is 0 Å². The van der Waals surface area contributed by atoms with Crippen LogP contribution in [0.25, 0.3) is 6.08 Å². The lowest BCUT2D eigenvalue weighted by molar-refractivity contribution is -0.106. The van der Waals surface area contributed by atoms with Crippen LogP contribution in [-0.4, -0.2) is 24.4 Å². The van der Waals surface area contributed by atoms with Gasteiger partial charge in [0.15, 0.2) is 11.5 Å². The quantitative estimate of drug-likeness (QED) is 0.663. The Bertz CT molecular complexity index is 494. The molecule has 0 aliphatic rings. The molecule has 94 valence electrons. The molecule has 6 heteroatoms. The van der Waals surface area contributed by atoms with E-state index in [0.717, 1.165) is 0 Å². The molecule has 1 aromatic rings. The number of ether oxygens (including phenoxy) is 2. The van der Waals surface area contributed by atoms with Gasteiger partial charge < -0.3 is 14.6 Å². The van der Waals surface area contributed by atoms with Crippen LogP contribution in [-0.2, 0) is 4.79 Å². The van der Waals surface area contributed by atoms with Crippen LogP contribution in [0.2, 0.25) is 0 Å². The third-order valence-corrected chi connectivity index (χ3v) is 2.49. The zero-order valence-electron chi connectivity index (χ0n) is 9.84. The number of benzene rings is 1. The highest BCUT2D eigenvalue weighted by Gasteiger charge is 2.10. The van der Waals surface area contributed by atoms with E-state index in [1.54, 1.807) is 17.5 Å². The maximum Gasteiger partial charge on any atom is 0.226 e. The second-order valence-electron chi connectivity index (χ2n) is 3.12. The van der Waals surface area contributed by atoms with Crippen LogP contribution < -0.4 is 9.47 Å². The first kappa shape index (κ1) is 13.9. The summed E-state index contributed by atoms with van der Waals surface area (Å²) in [6.07, 6.45) is 2.77. The molecule has 1 aromatic carbocycles. The van der Waals surface area contributed by atoms with E-state index >= 15 is 0 Å². The monoisotopic (exact) mass is 265 g/mol. The van der Waals surface area contributed by atoms with Gasteiger partial charge in [-0.05, 0) is 23.8 Å². The van der Waals surface area contributed by atoms with E-state index in [1.165, 1.54) is 26.4 Å². The Morgan fingerprint density at radius 1 is 1.39 bits per heavy atom. The SMILES string of the molecule is COc1cc(/C=C/C(=O)SC#N)cc(OC)c1O. The summed E-state index contributed by atoms with van der Waals surface area (Å²) in [5.41, 5.74) is 0.619. The minimum atomic E-state index is -0.372. The summed E-state index contributed by atoms with van der Waals surface area (Å²) in [6, 6.07) is 3.11. The number of hydrogen-bond donors (Lipinski definition) is 1. The molecule has 0 heterocycles. The van der Waals surface area contributed by atoms with Gasteiger partial charge in [-0.15, -0.1) is 0 Å². The molecule has 0 unspecified atom stereocenters. The van der Waals surface area contributed by atoms with Crippen molar-refractivity contribution >= 4 is 23.0 Å². The molecule has 0 saturated carbocycles. The van der Waals surface area contributed by atoms with Crippen LogP contribution >= 0.6 is 11.8 Å². The van der Waals surface area contributed by atoms with Gasteiger partial charge in [-0.25, -0.2) is 0 Å². The highest BCUT2D eigenvalue weighted by atomic mass is 32.2. The summed E-state index contributed by atoms with van der Waals surface area (Å²) in [6.45, 7) is 0. The number of phenols is 1. The van der Waals surface area contributed by atoms with Gasteiger partial charge in [0, 0.05) is 11.8 Å². The summed E-state index contributed by atoms with van der Waals surface area (Å²) < 4.78 is 9.95. The molecule has 0 aromatic heterocycles. The number of aromatic hydroxyl groups is 1. The van der Waals surface area contributed by atoms with Crippen LogP contribution in [0, 0.1) is 10.7 Å². The summed E-state index contributed by atoms with van der Waals surface area (Å²) in [5.74, 6) is 0.388. The number of carbonyl (C=O) groups excluding carboxylic acids is 1. The fraction of sp³-hybridized carbons (Fsp3) is 0.167. The molecular formula is C12H11NO4S. The van der Waals surface area contributed by atoms with Crippen LogP contribution in [0.1, 0.15) is 5.56 Å². The average Bonchev–Trinajstić information content (AvgIpc) is 2.37. The number of thiocyanates is 1. The molecule has 0 atom stereocenters. The molecule has 0 aliphatic carbocycles. The van der Waals surface area contributed by atoms with Gasteiger partial charge in [-0.2, -0.15) is 5.26 Å². The van der Waals surface area contributed by atoms with E-state index in [0.29, 0.717) is 17.3 Å². The number of nitriles is 1. The van der Waals surface area contributed by atoms with E-state index in [2.05, 4.69) is 0 Å². The van der Waals surface area contributed by atoms with E-state index in [4.69, 9.17) is 14.7 Å². The molecule has 0 saturated heterocycles. The van der Waals surface area contributed by atoms with Gasteiger partial charge in [0.25, 0.3) is 0 Å². The van der Waals surface area contributed by atoms with Crippen molar-refractivity contribution in [2.24, 2.45) is 0 Å². The Balaban J connectivity index is 3.04. The van der Waals surface area contributed by atoms with Gasteiger partial charge >= 0.3 is 0 Å². The van der Waals surface area contributed by atoms with E-state index < -0.39 is 0 Å². The Morgan fingerprint density at radius 2 is 1.94 bits per heavy atom. The first-order chi connectivity index (χ1) is 8.62. The average molecular weight is 265 g/mol. The van der Waals surface area contributed by atoms with E-state index in [-0.39, 0.29) is 22.4 Å². The fourth-order valence-electron chi connectivity index (χ4n) is 1.25. The predicted octanol–water partition coefficient (Wildman–Crippen LogP) is 2.16. The molecular weight excluding hydrogens is 254 g/mol. The van der Waals surface area contributed by atoms with Crippen molar-refractivity contribution in [3.8, 4) is 22.6 Å². The van der Waals surface area contributed by atoms with Crippen LogP contribution in [0.15, 0.2) is 18.2 Å². The molecule has 0 fully saturated rings. The zero-order valence-corrected chi connectivity index (χ0v) is 10.7. The van der Waals surface area contributed by atoms with Gasteiger partial charge in [0.1, 0.15) is 5.40 Å². The van der Waals surface area contributed by atoms with Gasteiger partial charge in [-0.1, -0.05) is 6.08 Å². The lowest BCUT2D eigenvalue weighted by atomic mass is 10.1. The highest BCUT2D eigenvalue weighted by molar-refractivity contribution is 8.17. The zero-order chi connectivity index (χ0) is 13.5. The summed E-state index contributed by atoms with van der Waals surface area (Å²) in [5, 5.41) is 19.3. The molecule has 1 N–H and O–H groups in total. The maximum absolute atomic E-state index is 11.1. The molecule has 1 rings (SSSR count). The largest absolute Gasteiger partial charge is 0.502 e. The van der Waals surface area contributed by atoms with E-state index in [9.17, 15) is 9.90 Å². The number of methoxy groups -OCH3 is 2. The minimum Gasteiger partial charge on any atom is -0.502 e. The molecule has 0 amide bonds. The van der Waals surface area contributed by atoms with Crippen LogP contribution in [0.5, 0.6) is 17.2 Å². The van der Waals surface area contributed by atoms with Crippen molar-refractivity contribution in [2.45, 2.75) is 0 Å². The van der Waals surface area contributed by atoms with Crippen LogP contribution in [0.3, 0.4) is 0 Å². The fourth-order valence-corrected chi connectivity index (χ4v) is 1.48. The number of phenolic OH excluding ortho intramolecular Hbond substituents is 1. The lowest BCUT2D eigenvalue weighted by Gasteiger charge is -2.09. The number of rotatable bonds is 4. The third-order valence-electron chi connectivity index (χ3n) is 2.06. The standard InChI is InChI=1S/C12H11NO4S/c1-16-9-5-8(3-4-11(14)18-7-13)6-10(17-2)12(9)15/h3-6,15H,1-2H3/b4-3+. The highest BCUT2D eigenvalue weighted by Crippen LogP contribution is 2.37. The molecule has 0 bridgehead atoms. The smallest absolute Gasteiger partial charge is 0.226 e. The van der Waals surface area contributed by atoms with Crippen molar-refractivity contribution in [2.75, 3.05) is 14.2 Å². The topological polar surface area (TPSA) is 79.6 Å². The molecule has 18 heavy (non-hydrogen) atoms. The van der Waals surface area contributed by atoms with Crippen molar-refractivity contribution in [1.82, 2.24) is 0 Å². The summed E-state index contributed by atoms with van der Waals surface area (Å²) in [4.78, 5) is 11.1. The summed E-state index contributed by atoms with van der Waals surface area (Å²) >= 11 is 0.542. The lowest BCUT2D eigenvalue weighted by Crippen LogP contribution is -1.90. The number of nitrogens with zero attached hydrogens (tertiary/aromatic N) is 1. The van der Waals surface area contributed by atoms with Crippen LogP contribution in [0.4, 0.5) is 0 Å². The van der Waals surface area contributed by atoms with Gasteiger partial charge in [0.2, 0.25) is 10.9 Å². The normalized spacial score (nSPS) is 10.1. The molecule has 0 radical (unpaired) electrons. The van der Waals surface area contributed by atoms with Crippen molar-refractivity contribution in [3.63, 3.8) is 0 Å². The van der Waals surface area contributed by atoms with Crippen molar-refractivity contribution in [1.29, 1.82) is 5.26 Å². The summed E-state index contributed by atoms with van der Waals surface area (Å²) in [7, 11) is 2.83. The van der Waals surface area contributed by atoms with Gasteiger partial charge in [0.05, 0.1) is 14.2 Å². The molecule has 0 aliphatic heterocycles. The number of hydrogen-bond acceptors (Lipinski definition) is 6. The Kier molecular flexibility index (Phi) is 5.08. The predicted molar refractivity (Wildman–Crippen MR) is 68.5 cm³/mol. The number of carbonyl (C=O) groups is 1.